The number of hydrogen-bond donors (Lipinski definition) is 1. The van der Waals surface area contributed by atoms with Gasteiger partial charge in [-0.05, 0) is 35.4 Å². The maximum atomic E-state index is 12.9. The van der Waals surface area contributed by atoms with Gasteiger partial charge in [0.15, 0.2) is 5.82 Å². The second-order valence-corrected chi connectivity index (χ2v) is 9.67. The van der Waals surface area contributed by atoms with Crippen LogP contribution in [0.3, 0.4) is 0 Å². The third-order valence-electron chi connectivity index (χ3n) is 5.87. The Morgan fingerprint density at radius 2 is 1.62 bits per heavy atom. The van der Waals surface area contributed by atoms with Crippen LogP contribution in [0.25, 0.3) is 33.7 Å². The molecule has 186 valence electrons. The summed E-state index contributed by atoms with van der Waals surface area (Å²) in [6.45, 7) is 6.91. The van der Waals surface area contributed by atoms with Crippen molar-refractivity contribution in [2.24, 2.45) is 0 Å². The van der Waals surface area contributed by atoms with Gasteiger partial charge < -0.3 is 11.1 Å². The first kappa shape index (κ1) is 27.0. The number of aromatic nitrogens is 4. The maximum Gasteiger partial charge on any atom is 1.00 e. The minimum Gasteiger partial charge on any atom is -1.00 e. The molecule has 3 aromatic carbocycles. The fourth-order valence-corrected chi connectivity index (χ4v) is 4.07. The molecule has 5 nitrogen and oxygen atoms in total. The third kappa shape index (κ3) is 6.09. The Bertz CT molecular complexity index is 1520. The van der Waals surface area contributed by atoms with Gasteiger partial charge in [0, 0.05) is 11.0 Å². The number of para-hydroxylation sites is 1. The molecule has 0 saturated heterocycles. The van der Waals surface area contributed by atoms with E-state index in [0.29, 0.717) is 34.5 Å². The van der Waals surface area contributed by atoms with Crippen LogP contribution in [0.4, 0.5) is 13.2 Å². The molecule has 37 heavy (non-hydrogen) atoms. The SMILES string of the molecule is CC(C)(C)c1cc(-c2nc3ccc(-c4ccccc4OC(F)(F)F)cc3[nH]2)n(Cc2ccccc2)n1.[H-].[Na+]. The minimum absolute atomic E-state index is 0. The summed E-state index contributed by atoms with van der Waals surface area (Å²) in [7, 11) is 0. The van der Waals surface area contributed by atoms with Crippen molar-refractivity contribution >= 4 is 11.0 Å². The molecule has 2 heterocycles. The van der Waals surface area contributed by atoms with Crippen molar-refractivity contribution in [3.05, 3.63) is 90.1 Å². The number of halogens is 3. The second-order valence-electron chi connectivity index (χ2n) is 9.67. The summed E-state index contributed by atoms with van der Waals surface area (Å²) in [6.07, 6.45) is -4.77. The van der Waals surface area contributed by atoms with Gasteiger partial charge in [-0.1, -0.05) is 75.4 Å². The van der Waals surface area contributed by atoms with Crippen molar-refractivity contribution in [2.75, 3.05) is 0 Å². The third-order valence-corrected chi connectivity index (χ3v) is 5.87. The summed E-state index contributed by atoms with van der Waals surface area (Å²) in [5.74, 6) is 0.390. The monoisotopic (exact) mass is 514 g/mol. The number of fused-ring (bicyclic) bond motifs is 1. The molecule has 0 atom stereocenters. The molecule has 0 amide bonds. The largest absolute Gasteiger partial charge is 1.00 e. The number of nitrogens with zero attached hydrogens (tertiary/aromatic N) is 3. The average Bonchev–Trinajstić information content (AvgIpc) is 3.42. The number of rotatable bonds is 5. The number of ether oxygens (including phenoxy) is 1. The molecule has 5 aromatic rings. The van der Waals surface area contributed by atoms with E-state index < -0.39 is 6.36 Å². The number of hydrogen-bond acceptors (Lipinski definition) is 3. The Kier molecular flexibility index (Phi) is 7.55. The van der Waals surface area contributed by atoms with E-state index >= 15 is 0 Å². The quantitative estimate of drug-likeness (QED) is 0.353. The zero-order chi connectivity index (χ0) is 25.5. The van der Waals surface area contributed by atoms with Gasteiger partial charge in [0.25, 0.3) is 0 Å². The van der Waals surface area contributed by atoms with E-state index in [2.05, 4.69) is 30.5 Å². The fraction of sp³-hybridized carbons (Fsp3) is 0.214. The van der Waals surface area contributed by atoms with E-state index in [-0.39, 0.29) is 42.1 Å². The van der Waals surface area contributed by atoms with E-state index in [1.807, 2.05) is 41.1 Å². The molecule has 0 spiro atoms. The van der Waals surface area contributed by atoms with Gasteiger partial charge in [0.05, 0.1) is 23.3 Å². The van der Waals surface area contributed by atoms with Crippen LogP contribution >= 0.6 is 0 Å². The van der Waals surface area contributed by atoms with E-state index in [1.165, 1.54) is 12.1 Å². The number of nitrogens with one attached hydrogen (secondary N) is 1. The molecular weight excluding hydrogens is 488 g/mol. The zero-order valence-corrected chi connectivity index (χ0v) is 23.1. The summed E-state index contributed by atoms with van der Waals surface area (Å²) in [6, 6.07) is 23.5. The Labute approximate surface area is 236 Å². The van der Waals surface area contributed by atoms with E-state index in [0.717, 1.165) is 17.0 Å². The standard InChI is InChI=1S/C28H25F3N4O.Na.H/c1-27(2,3)25-16-23(35(34-25)17-18-9-5-4-6-10-18)26-32-21-14-13-19(15-22(21)33-26)20-11-7-8-12-24(20)36-28(29,30)31;;/h4-16H,17H2,1-3H3,(H,32,33);;/q;+1;-1. The Hall–Kier alpha value is -3.07. The van der Waals surface area contributed by atoms with Crippen molar-refractivity contribution in [3.8, 4) is 28.4 Å². The predicted octanol–water partition coefficient (Wildman–Crippen LogP) is 4.45. The van der Waals surface area contributed by atoms with E-state index in [9.17, 15) is 13.2 Å². The summed E-state index contributed by atoms with van der Waals surface area (Å²) in [5.41, 5.74) is 5.07. The van der Waals surface area contributed by atoms with Gasteiger partial charge in [-0.2, -0.15) is 5.10 Å². The summed E-state index contributed by atoms with van der Waals surface area (Å²) in [5, 5.41) is 4.87. The molecule has 0 unspecified atom stereocenters. The second kappa shape index (κ2) is 10.4. The van der Waals surface area contributed by atoms with Crippen molar-refractivity contribution in [3.63, 3.8) is 0 Å². The number of aromatic amines is 1. The first-order valence-corrected chi connectivity index (χ1v) is 11.5. The molecule has 0 saturated carbocycles. The van der Waals surface area contributed by atoms with Crippen LogP contribution < -0.4 is 34.3 Å². The Morgan fingerprint density at radius 3 is 2.32 bits per heavy atom. The van der Waals surface area contributed by atoms with Crippen LogP contribution in [0, 0.1) is 0 Å². The summed E-state index contributed by atoms with van der Waals surface area (Å²) < 4.78 is 44.9. The summed E-state index contributed by atoms with van der Waals surface area (Å²) in [4.78, 5) is 8.12. The molecule has 0 aliphatic heterocycles. The van der Waals surface area contributed by atoms with Gasteiger partial charge in [-0.25, -0.2) is 4.98 Å². The molecule has 0 aliphatic rings. The van der Waals surface area contributed by atoms with Crippen molar-refractivity contribution in [1.29, 1.82) is 0 Å². The van der Waals surface area contributed by atoms with Crippen LogP contribution in [0.15, 0.2) is 78.9 Å². The molecule has 0 radical (unpaired) electrons. The molecule has 5 rings (SSSR count). The van der Waals surface area contributed by atoms with E-state index in [4.69, 9.17) is 10.1 Å². The minimum atomic E-state index is -4.77. The van der Waals surface area contributed by atoms with Crippen LogP contribution in [0.5, 0.6) is 5.75 Å². The summed E-state index contributed by atoms with van der Waals surface area (Å²) >= 11 is 0. The van der Waals surface area contributed by atoms with Gasteiger partial charge >= 0.3 is 35.9 Å². The zero-order valence-electron chi connectivity index (χ0n) is 22.1. The normalized spacial score (nSPS) is 11.9. The van der Waals surface area contributed by atoms with Crippen molar-refractivity contribution < 1.29 is 48.9 Å². The molecular formula is C28H26F3N4NaO. The predicted molar refractivity (Wildman–Crippen MR) is 135 cm³/mol. The van der Waals surface area contributed by atoms with Gasteiger partial charge in [0.2, 0.25) is 0 Å². The first-order valence-electron chi connectivity index (χ1n) is 11.5. The van der Waals surface area contributed by atoms with E-state index in [1.54, 1.807) is 30.3 Å². The van der Waals surface area contributed by atoms with Crippen LogP contribution in [0.1, 0.15) is 33.5 Å². The van der Waals surface area contributed by atoms with Gasteiger partial charge in [0.1, 0.15) is 11.4 Å². The molecule has 0 aliphatic carbocycles. The Balaban J connectivity index is 0.00000200. The van der Waals surface area contributed by atoms with Crippen LogP contribution in [-0.2, 0) is 12.0 Å². The topological polar surface area (TPSA) is 55.7 Å². The van der Waals surface area contributed by atoms with Crippen molar-refractivity contribution in [1.82, 2.24) is 19.7 Å². The maximum absolute atomic E-state index is 12.9. The number of imidazole rings is 1. The number of benzene rings is 3. The van der Waals surface area contributed by atoms with Crippen LogP contribution in [-0.4, -0.2) is 26.1 Å². The molecule has 9 heteroatoms. The molecule has 2 aromatic heterocycles. The fourth-order valence-electron chi connectivity index (χ4n) is 4.07. The number of H-pyrrole nitrogens is 1. The smallest absolute Gasteiger partial charge is 1.00 e. The Morgan fingerprint density at radius 1 is 0.919 bits per heavy atom. The molecule has 1 N–H and O–H groups in total. The molecule has 0 fully saturated rings. The first-order chi connectivity index (χ1) is 17.1. The van der Waals surface area contributed by atoms with Crippen molar-refractivity contribution in [2.45, 2.75) is 39.1 Å². The van der Waals surface area contributed by atoms with Gasteiger partial charge in [-0.15, -0.1) is 13.2 Å². The number of alkyl halides is 3. The average molecular weight is 515 g/mol. The van der Waals surface area contributed by atoms with Gasteiger partial charge in [-0.3, -0.25) is 4.68 Å². The van der Waals surface area contributed by atoms with Crippen LogP contribution in [0.2, 0.25) is 0 Å². The molecule has 0 bridgehead atoms.